The van der Waals surface area contributed by atoms with Gasteiger partial charge in [-0.25, -0.2) is 4.79 Å². The summed E-state index contributed by atoms with van der Waals surface area (Å²) in [5.74, 6) is -1.76. The van der Waals surface area contributed by atoms with Crippen LogP contribution in [0.4, 0.5) is 4.79 Å². The minimum Gasteiger partial charge on any atom is -0.432 e. The van der Waals surface area contributed by atoms with E-state index in [1.807, 2.05) is 0 Å². The van der Waals surface area contributed by atoms with Crippen LogP contribution >= 0.6 is 0 Å². The van der Waals surface area contributed by atoms with E-state index in [1.165, 1.54) is 0 Å². The molecule has 2 aliphatic heterocycles. The fraction of sp³-hybridized carbons (Fsp3) is 0.615. The minimum atomic E-state index is -1.01. The molecular formula is C13H16N2O9. The molecule has 4 amide bonds. The molecular weight excluding hydrogens is 328 g/mol. The van der Waals surface area contributed by atoms with E-state index in [1.54, 1.807) is 0 Å². The molecule has 2 rings (SSSR count). The third kappa shape index (κ3) is 4.73. The number of nitrogens with zero attached hydrogens (tertiary/aromatic N) is 2. The van der Waals surface area contributed by atoms with Gasteiger partial charge in [0.15, 0.2) is 0 Å². The van der Waals surface area contributed by atoms with E-state index in [2.05, 4.69) is 9.47 Å². The van der Waals surface area contributed by atoms with Crippen LogP contribution in [-0.4, -0.2) is 66.3 Å². The van der Waals surface area contributed by atoms with Crippen LogP contribution in [0.3, 0.4) is 0 Å². The van der Waals surface area contributed by atoms with E-state index in [4.69, 9.17) is 9.68 Å². The van der Waals surface area contributed by atoms with E-state index in [0.29, 0.717) is 10.1 Å². The van der Waals surface area contributed by atoms with Crippen molar-refractivity contribution in [2.24, 2.45) is 0 Å². The van der Waals surface area contributed by atoms with Crippen molar-refractivity contribution in [3.8, 4) is 0 Å². The molecule has 11 heteroatoms. The lowest BCUT2D eigenvalue weighted by Crippen LogP contribution is -2.31. The maximum atomic E-state index is 11.2. The van der Waals surface area contributed by atoms with Gasteiger partial charge >= 0.3 is 6.16 Å². The molecule has 2 aliphatic rings. The Balaban J connectivity index is 1.51. The molecule has 0 atom stereocenters. The number of hydrogen-bond donors (Lipinski definition) is 0. The van der Waals surface area contributed by atoms with Gasteiger partial charge in [-0.05, 0) is 0 Å². The minimum absolute atomic E-state index is 0.101. The lowest BCUT2D eigenvalue weighted by atomic mass is 10.4. The summed E-state index contributed by atoms with van der Waals surface area (Å²) >= 11 is 0. The van der Waals surface area contributed by atoms with Gasteiger partial charge in [0.05, 0.1) is 0 Å². The first kappa shape index (κ1) is 17.8. The molecule has 0 saturated carbocycles. The highest BCUT2D eigenvalue weighted by Crippen LogP contribution is 2.12. The van der Waals surface area contributed by atoms with Crippen molar-refractivity contribution in [1.82, 2.24) is 10.1 Å². The predicted octanol–water partition coefficient (Wildman–Crippen LogP) is -0.699. The fourth-order valence-corrected chi connectivity index (χ4v) is 1.95. The van der Waals surface area contributed by atoms with Crippen molar-refractivity contribution in [1.29, 1.82) is 0 Å². The van der Waals surface area contributed by atoms with Crippen LogP contribution in [0, 0.1) is 0 Å². The molecule has 2 fully saturated rings. The van der Waals surface area contributed by atoms with Crippen molar-refractivity contribution < 1.29 is 43.1 Å². The van der Waals surface area contributed by atoms with Crippen molar-refractivity contribution in [2.45, 2.75) is 25.7 Å². The molecule has 0 aromatic rings. The highest BCUT2D eigenvalue weighted by atomic mass is 16.8. The highest BCUT2D eigenvalue weighted by molar-refractivity contribution is 6.01. The van der Waals surface area contributed by atoms with Crippen molar-refractivity contribution in [3.05, 3.63) is 0 Å². The molecule has 0 aromatic carbocycles. The van der Waals surface area contributed by atoms with Crippen molar-refractivity contribution >= 4 is 29.8 Å². The van der Waals surface area contributed by atoms with Crippen LogP contribution < -0.4 is 0 Å². The summed E-state index contributed by atoms with van der Waals surface area (Å²) < 4.78 is 9.30. The lowest BCUT2D eigenvalue weighted by molar-refractivity contribution is -0.190. The number of carbonyl (C=O) groups is 5. The van der Waals surface area contributed by atoms with E-state index >= 15 is 0 Å². The molecule has 132 valence electrons. The average molecular weight is 344 g/mol. The number of hydrogen-bond acceptors (Lipinski definition) is 9. The second-order valence-electron chi connectivity index (χ2n) is 4.78. The zero-order valence-corrected chi connectivity index (χ0v) is 12.7. The fourth-order valence-electron chi connectivity index (χ4n) is 1.95. The molecule has 11 nitrogen and oxygen atoms in total. The first-order valence-electron chi connectivity index (χ1n) is 7.26. The summed E-state index contributed by atoms with van der Waals surface area (Å²) in [6, 6.07) is 0. The molecule has 2 heterocycles. The molecule has 0 unspecified atom stereocenters. The monoisotopic (exact) mass is 344 g/mol. The number of imide groups is 2. The van der Waals surface area contributed by atoms with Crippen LogP contribution in [-0.2, 0) is 38.3 Å². The second kappa shape index (κ2) is 8.36. The maximum Gasteiger partial charge on any atom is 0.508 e. The maximum absolute atomic E-state index is 11.2. The zero-order chi connectivity index (χ0) is 17.5. The van der Waals surface area contributed by atoms with Crippen molar-refractivity contribution in [3.63, 3.8) is 0 Å². The van der Waals surface area contributed by atoms with Gasteiger partial charge in [-0.2, -0.15) is 10.1 Å². The molecule has 0 aromatic heterocycles. The van der Waals surface area contributed by atoms with Gasteiger partial charge in [0.2, 0.25) is 0 Å². The normalized spacial score (nSPS) is 17.8. The molecule has 24 heavy (non-hydrogen) atoms. The Kier molecular flexibility index (Phi) is 6.21. The van der Waals surface area contributed by atoms with E-state index in [9.17, 15) is 24.0 Å². The first-order chi connectivity index (χ1) is 11.5. The van der Waals surface area contributed by atoms with Gasteiger partial charge in [0.25, 0.3) is 23.6 Å². The molecule has 0 aliphatic carbocycles. The molecule has 0 bridgehead atoms. The number of rotatable bonds is 8. The summed E-state index contributed by atoms with van der Waals surface area (Å²) in [4.78, 5) is 65.9. The van der Waals surface area contributed by atoms with Gasteiger partial charge in [0.1, 0.15) is 26.4 Å². The standard InChI is InChI=1S/C13H16N2O9/c16-9-1-2-10(17)14(9)23-7-5-21-13(20)22-6-8-24-15-11(18)3-4-12(15)19/h1-8H2. The zero-order valence-electron chi connectivity index (χ0n) is 12.7. The molecule has 2 saturated heterocycles. The number of amides is 4. The smallest absolute Gasteiger partial charge is 0.432 e. The number of ether oxygens (including phenoxy) is 2. The van der Waals surface area contributed by atoms with E-state index < -0.39 is 29.8 Å². The van der Waals surface area contributed by atoms with Gasteiger partial charge in [0, 0.05) is 25.7 Å². The third-order valence-electron chi connectivity index (χ3n) is 3.06. The number of carbonyl (C=O) groups excluding carboxylic acids is 5. The summed E-state index contributed by atoms with van der Waals surface area (Å²) in [5, 5.41) is 1.29. The largest absolute Gasteiger partial charge is 0.508 e. The molecule has 0 N–H and O–H groups in total. The van der Waals surface area contributed by atoms with Crippen LogP contribution in [0.5, 0.6) is 0 Å². The Hall–Kier alpha value is -2.53. The lowest BCUT2D eigenvalue weighted by Gasteiger charge is -2.14. The highest BCUT2D eigenvalue weighted by Gasteiger charge is 2.31. The second-order valence-corrected chi connectivity index (χ2v) is 4.78. The Labute approximate surface area is 136 Å². The summed E-state index contributed by atoms with van der Waals surface area (Å²) in [6.45, 7) is -0.806. The Morgan fingerprint density at radius 1 is 0.667 bits per heavy atom. The van der Waals surface area contributed by atoms with Gasteiger partial charge in [-0.15, -0.1) is 0 Å². The Morgan fingerprint density at radius 3 is 1.33 bits per heavy atom. The topological polar surface area (TPSA) is 129 Å². The van der Waals surface area contributed by atoms with E-state index in [0.717, 1.165) is 0 Å². The van der Waals surface area contributed by atoms with Crippen LogP contribution in [0.2, 0.25) is 0 Å². The summed E-state index contributed by atoms with van der Waals surface area (Å²) in [5.41, 5.74) is 0. The van der Waals surface area contributed by atoms with Gasteiger partial charge in [-0.1, -0.05) is 0 Å². The van der Waals surface area contributed by atoms with E-state index in [-0.39, 0.29) is 52.1 Å². The van der Waals surface area contributed by atoms with Crippen LogP contribution in [0.15, 0.2) is 0 Å². The molecule has 0 radical (unpaired) electrons. The van der Waals surface area contributed by atoms with Crippen LogP contribution in [0.1, 0.15) is 25.7 Å². The van der Waals surface area contributed by atoms with Crippen molar-refractivity contribution in [2.75, 3.05) is 26.4 Å². The quantitative estimate of drug-likeness (QED) is 0.319. The summed E-state index contributed by atoms with van der Waals surface area (Å²) in [7, 11) is 0. The van der Waals surface area contributed by atoms with Gasteiger partial charge < -0.3 is 9.47 Å². The first-order valence-corrected chi connectivity index (χ1v) is 7.26. The SMILES string of the molecule is O=C(OCCON1C(=O)CCC1=O)OCCON1C(=O)CCC1=O. The molecule has 0 spiro atoms. The summed E-state index contributed by atoms with van der Waals surface area (Å²) in [6.07, 6.45) is -0.610. The Bertz CT molecular complexity index is 470. The Morgan fingerprint density at radius 2 is 1.00 bits per heavy atom. The van der Waals surface area contributed by atoms with Gasteiger partial charge in [-0.3, -0.25) is 28.9 Å². The predicted molar refractivity (Wildman–Crippen MR) is 71.4 cm³/mol. The van der Waals surface area contributed by atoms with Crippen LogP contribution in [0.25, 0.3) is 0 Å². The number of hydroxylamine groups is 4. The average Bonchev–Trinajstić information content (AvgIpc) is 3.04. The third-order valence-corrected chi connectivity index (χ3v) is 3.06.